The number of para-hydroxylation sites is 1. The zero-order chi connectivity index (χ0) is 23.6. The van der Waals surface area contributed by atoms with Crippen molar-refractivity contribution in [1.82, 2.24) is 25.2 Å². The highest BCUT2D eigenvalue weighted by molar-refractivity contribution is 5.97. The number of carbonyl (C=O) groups excluding carboxylic acids is 1. The first-order valence-corrected chi connectivity index (χ1v) is 11.3. The van der Waals surface area contributed by atoms with Gasteiger partial charge < -0.3 is 15.8 Å². The Morgan fingerprint density at radius 2 is 1.62 bits per heavy atom. The molecule has 8 heteroatoms. The van der Waals surface area contributed by atoms with Crippen LogP contribution in [0.3, 0.4) is 0 Å². The molecule has 0 saturated heterocycles. The van der Waals surface area contributed by atoms with E-state index in [-0.39, 0.29) is 5.91 Å². The highest BCUT2D eigenvalue weighted by Crippen LogP contribution is 2.25. The van der Waals surface area contributed by atoms with Gasteiger partial charge in [0.25, 0.3) is 5.91 Å². The molecule has 0 atom stereocenters. The largest absolute Gasteiger partial charge is 0.491 e. The lowest BCUT2D eigenvalue weighted by atomic mass is 10.1. The molecular formula is C26H28N6O2. The van der Waals surface area contributed by atoms with E-state index in [4.69, 9.17) is 10.5 Å². The number of nitrogens with one attached hydrogen (secondary N) is 1. The minimum atomic E-state index is -0.251. The van der Waals surface area contributed by atoms with Crippen LogP contribution in [0.15, 0.2) is 79.1 Å². The van der Waals surface area contributed by atoms with Gasteiger partial charge in [-0.1, -0.05) is 24.3 Å². The van der Waals surface area contributed by atoms with Gasteiger partial charge in [-0.05, 0) is 36.4 Å². The Hall–Kier alpha value is -3.88. The lowest BCUT2D eigenvalue weighted by Gasteiger charge is -2.22. The Morgan fingerprint density at radius 3 is 2.26 bits per heavy atom. The maximum Gasteiger partial charge on any atom is 0.270 e. The van der Waals surface area contributed by atoms with Gasteiger partial charge in [-0.15, -0.1) is 0 Å². The average Bonchev–Trinajstić information content (AvgIpc) is 2.88. The summed E-state index contributed by atoms with van der Waals surface area (Å²) in [6, 6.07) is 21.0. The van der Waals surface area contributed by atoms with Gasteiger partial charge in [-0.25, -0.2) is 4.98 Å². The minimum Gasteiger partial charge on any atom is -0.491 e. The molecule has 0 unspecified atom stereocenters. The molecule has 4 aromatic rings. The fourth-order valence-corrected chi connectivity index (χ4v) is 3.62. The van der Waals surface area contributed by atoms with Crippen LogP contribution >= 0.6 is 0 Å². The SMILES string of the molecule is NCCOc1cc(C(=O)NCCN(Cc2ccccn2)Cc2ccccn2)nc2ccccc12. The highest BCUT2D eigenvalue weighted by atomic mass is 16.5. The van der Waals surface area contributed by atoms with Gasteiger partial charge in [-0.2, -0.15) is 0 Å². The Kier molecular flexibility index (Phi) is 8.10. The lowest BCUT2D eigenvalue weighted by molar-refractivity contribution is 0.0942. The first-order valence-electron chi connectivity index (χ1n) is 11.3. The van der Waals surface area contributed by atoms with Crippen LogP contribution < -0.4 is 15.8 Å². The van der Waals surface area contributed by atoms with Crippen molar-refractivity contribution in [3.8, 4) is 5.75 Å². The number of hydrogen-bond donors (Lipinski definition) is 2. The minimum absolute atomic E-state index is 0.251. The molecule has 0 aliphatic heterocycles. The van der Waals surface area contributed by atoms with Gasteiger partial charge in [0.2, 0.25) is 0 Å². The van der Waals surface area contributed by atoms with Crippen LogP contribution in [0.5, 0.6) is 5.75 Å². The summed E-state index contributed by atoms with van der Waals surface area (Å²) < 4.78 is 5.77. The van der Waals surface area contributed by atoms with E-state index < -0.39 is 0 Å². The Morgan fingerprint density at radius 1 is 0.941 bits per heavy atom. The maximum atomic E-state index is 12.9. The van der Waals surface area contributed by atoms with Crippen LogP contribution in [0.4, 0.5) is 0 Å². The van der Waals surface area contributed by atoms with Crippen molar-refractivity contribution in [2.24, 2.45) is 5.73 Å². The lowest BCUT2D eigenvalue weighted by Crippen LogP contribution is -2.35. The van der Waals surface area contributed by atoms with E-state index in [2.05, 4.69) is 25.2 Å². The van der Waals surface area contributed by atoms with Crippen LogP contribution in [0, 0.1) is 0 Å². The van der Waals surface area contributed by atoms with Crippen LogP contribution in [0.2, 0.25) is 0 Å². The quantitative estimate of drug-likeness (QED) is 0.357. The summed E-state index contributed by atoms with van der Waals surface area (Å²) in [5, 5.41) is 3.84. The Labute approximate surface area is 198 Å². The fraction of sp³-hybridized carbons (Fsp3) is 0.231. The van der Waals surface area contributed by atoms with Crippen LogP contribution in [0.1, 0.15) is 21.9 Å². The molecule has 1 amide bonds. The van der Waals surface area contributed by atoms with Gasteiger partial charge in [0, 0.05) is 56.6 Å². The monoisotopic (exact) mass is 456 g/mol. The third kappa shape index (κ3) is 6.34. The van der Waals surface area contributed by atoms with Crippen molar-refractivity contribution in [2.75, 3.05) is 26.2 Å². The Bertz CT molecular complexity index is 1160. The van der Waals surface area contributed by atoms with Gasteiger partial charge in [-0.3, -0.25) is 19.7 Å². The van der Waals surface area contributed by atoms with E-state index in [0.717, 1.165) is 16.8 Å². The molecular weight excluding hydrogens is 428 g/mol. The van der Waals surface area contributed by atoms with Crippen LogP contribution in [-0.2, 0) is 13.1 Å². The molecule has 0 aliphatic carbocycles. The van der Waals surface area contributed by atoms with Crippen molar-refractivity contribution >= 4 is 16.8 Å². The number of amides is 1. The van der Waals surface area contributed by atoms with Gasteiger partial charge >= 0.3 is 0 Å². The van der Waals surface area contributed by atoms with Crippen LogP contribution in [0.25, 0.3) is 10.9 Å². The summed E-state index contributed by atoms with van der Waals surface area (Å²) in [4.78, 5) is 28.5. The number of nitrogens with zero attached hydrogens (tertiary/aromatic N) is 4. The van der Waals surface area contributed by atoms with E-state index in [0.29, 0.717) is 56.3 Å². The van der Waals surface area contributed by atoms with Crippen molar-refractivity contribution < 1.29 is 9.53 Å². The molecule has 4 rings (SSSR count). The zero-order valence-electron chi connectivity index (χ0n) is 18.9. The van der Waals surface area contributed by atoms with Crippen LogP contribution in [-0.4, -0.2) is 52.0 Å². The summed E-state index contributed by atoms with van der Waals surface area (Å²) in [5.74, 6) is 0.354. The predicted octanol–water partition coefficient (Wildman–Crippen LogP) is 2.79. The second-order valence-corrected chi connectivity index (χ2v) is 7.77. The third-order valence-electron chi connectivity index (χ3n) is 5.22. The standard InChI is InChI=1S/C26H28N6O2/c27-11-16-34-25-17-24(31-23-10-2-1-9-22(23)25)26(33)30-14-15-32(18-20-7-3-5-12-28-20)19-21-8-4-6-13-29-21/h1-10,12-13,17H,11,14-16,18-19,27H2,(H,30,33). The molecule has 174 valence electrons. The first kappa shape index (κ1) is 23.3. The fourth-order valence-electron chi connectivity index (χ4n) is 3.62. The summed E-state index contributed by atoms with van der Waals surface area (Å²) in [6.45, 7) is 3.14. The van der Waals surface area contributed by atoms with E-state index in [1.165, 1.54) is 0 Å². The predicted molar refractivity (Wildman–Crippen MR) is 131 cm³/mol. The average molecular weight is 457 g/mol. The molecule has 3 aromatic heterocycles. The number of rotatable bonds is 11. The normalized spacial score (nSPS) is 11.0. The first-order chi connectivity index (χ1) is 16.7. The van der Waals surface area contributed by atoms with Gasteiger partial charge in [0.05, 0.1) is 16.9 Å². The van der Waals surface area contributed by atoms with E-state index >= 15 is 0 Å². The molecule has 3 N–H and O–H groups in total. The molecule has 0 spiro atoms. The van der Waals surface area contributed by atoms with Crippen molar-refractivity contribution in [3.63, 3.8) is 0 Å². The van der Waals surface area contributed by atoms with Gasteiger partial charge in [0.1, 0.15) is 18.1 Å². The summed E-state index contributed by atoms with van der Waals surface area (Å²) >= 11 is 0. The summed E-state index contributed by atoms with van der Waals surface area (Å²) in [6.07, 6.45) is 3.57. The molecule has 1 aromatic carbocycles. The number of ether oxygens (including phenoxy) is 1. The molecule has 34 heavy (non-hydrogen) atoms. The van der Waals surface area contributed by atoms with Crippen molar-refractivity contribution in [3.05, 3.63) is 96.2 Å². The summed E-state index contributed by atoms with van der Waals surface area (Å²) in [5.41, 5.74) is 8.53. The Balaban J connectivity index is 1.43. The molecule has 0 bridgehead atoms. The van der Waals surface area contributed by atoms with E-state index in [9.17, 15) is 4.79 Å². The molecule has 0 radical (unpaired) electrons. The highest BCUT2D eigenvalue weighted by Gasteiger charge is 2.14. The van der Waals surface area contributed by atoms with E-state index in [1.807, 2.05) is 60.7 Å². The number of hydrogen-bond acceptors (Lipinski definition) is 7. The number of benzene rings is 1. The smallest absolute Gasteiger partial charge is 0.270 e. The second kappa shape index (κ2) is 11.8. The topological polar surface area (TPSA) is 106 Å². The third-order valence-corrected chi connectivity index (χ3v) is 5.22. The number of carbonyl (C=O) groups is 1. The zero-order valence-corrected chi connectivity index (χ0v) is 18.9. The molecule has 8 nitrogen and oxygen atoms in total. The molecule has 0 aliphatic rings. The van der Waals surface area contributed by atoms with Crippen molar-refractivity contribution in [2.45, 2.75) is 13.1 Å². The summed E-state index contributed by atoms with van der Waals surface area (Å²) in [7, 11) is 0. The van der Waals surface area contributed by atoms with E-state index in [1.54, 1.807) is 18.5 Å². The molecule has 3 heterocycles. The van der Waals surface area contributed by atoms with Crippen molar-refractivity contribution in [1.29, 1.82) is 0 Å². The number of pyridine rings is 3. The molecule has 0 saturated carbocycles. The number of fused-ring (bicyclic) bond motifs is 1. The number of aromatic nitrogens is 3. The maximum absolute atomic E-state index is 12.9. The van der Waals surface area contributed by atoms with Gasteiger partial charge in [0.15, 0.2) is 0 Å². The number of nitrogens with two attached hydrogens (primary N) is 1. The second-order valence-electron chi connectivity index (χ2n) is 7.77. The molecule has 0 fully saturated rings.